The van der Waals surface area contributed by atoms with Crippen LogP contribution in [0.1, 0.15) is 25.8 Å². The van der Waals surface area contributed by atoms with Crippen LogP contribution in [0.4, 0.5) is 0 Å². The van der Waals surface area contributed by atoms with Gasteiger partial charge in [-0.05, 0) is 31.9 Å². The largest absolute Gasteiger partial charge is 0.453 e. The highest BCUT2D eigenvalue weighted by atomic mass is 31.2. The van der Waals surface area contributed by atoms with Crippen molar-refractivity contribution in [2.24, 2.45) is 0 Å². The Morgan fingerprint density at radius 1 is 1.30 bits per heavy atom. The molecule has 0 aliphatic heterocycles. The van der Waals surface area contributed by atoms with Crippen LogP contribution >= 0.6 is 7.60 Å². The maximum atomic E-state index is 12.1. The Hall–Kier alpha value is -1.23. The molecule has 0 N–H and O–H groups in total. The third kappa shape index (κ3) is 6.28. The summed E-state index contributed by atoms with van der Waals surface area (Å²) in [6.45, 7) is 3.89. The molecule has 1 aromatic heterocycles. The van der Waals surface area contributed by atoms with Gasteiger partial charge in [-0.2, -0.15) is 0 Å². The van der Waals surface area contributed by atoms with E-state index in [2.05, 4.69) is 4.98 Å². The first-order valence-electron chi connectivity index (χ1n) is 6.52. The molecule has 0 aliphatic rings. The molecule has 0 fully saturated rings. The van der Waals surface area contributed by atoms with Crippen LogP contribution in [0.5, 0.6) is 0 Å². The van der Waals surface area contributed by atoms with E-state index < -0.39 is 13.6 Å². The minimum Gasteiger partial charge on any atom is -0.453 e. The van der Waals surface area contributed by atoms with Crippen LogP contribution in [-0.4, -0.2) is 30.5 Å². The highest BCUT2D eigenvalue weighted by Crippen LogP contribution is 2.47. The van der Waals surface area contributed by atoms with Gasteiger partial charge in [-0.1, -0.05) is 6.07 Å². The monoisotopic (exact) mass is 301 g/mol. The normalized spacial score (nSPS) is 11.3. The van der Waals surface area contributed by atoms with Gasteiger partial charge >= 0.3 is 13.6 Å². The molecule has 0 amide bonds. The average Bonchev–Trinajstić information content (AvgIpc) is 2.45. The number of carbonyl (C=O) groups excluding carboxylic acids is 1. The summed E-state index contributed by atoms with van der Waals surface area (Å²) in [7, 11) is -3.32. The maximum absolute atomic E-state index is 12.1. The van der Waals surface area contributed by atoms with E-state index in [4.69, 9.17) is 13.8 Å². The first kappa shape index (κ1) is 16.8. The quantitative estimate of drug-likeness (QED) is 0.516. The predicted molar refractivity (Wildman–Crippen MR) is 74.4 cm³/mol. The van der Waals surface area contributed by atoms with E-state index in [1.165, 1.54) is 0 Å². The molecular weight excluding hydrogens is 281 g/mol. The second-order valence-corrected chi connectivity index (χ2v) is 5.95. The number of carbonyl (C=O) groups is 1. The van der Waals surface area contributed by atoms with E-state index in [0.29, 0.717) is 6.42 Å². The third-order valence-electron chi connectivity index (χ3n) is 2.38. The average molecular weight is 301 g/mol. The van der Waals surface area contributed by atoms with Crippen molar-refractivity contribution in [2.45, 2.75) is 26.7 Å². The maximum Gasteiger partial charge on any atom is 0.367 e. The van der Waals surface area contributed by atoms with Gasteiger partial charge in [0, 0.05) is 18.8 Å². The minimum absolute atomic E-state index is 0.198. The van der Waals surface area contributed by atoms with Crippen molar-refractivity contribution in [3.05, 3.63) is 30.1 Å². The van der Waals surface area contributed by atoms with E-state index >= 15 is 0 Å². The van der Waals surface area contributed by atoms with E-state index in [1.807, 2.05) is 6.07 Å². The fourth-order valence-electron chi connectivity index (χ4n) is 1.52. The lowest BCUT2D eigenvalue weighted by atomic mass is 10.2. The molecule has 0 atom stereocenters. The minimum atomic E-state index is -3.32. The Morgan fingerprint density at radius 2 is 2.00 bits per heavy atom. The number of nitrogens with zero attached hydrogens (tertiary/aromatic N) is 1. The number of aromatic nitrogens is 1. The molecule has 0 saturated heterocycles. The summed E-state index contributed by atoms with van der Waals surface area (Å²) in [5.41, 5.74) is 0.947. The molecular formula is C13H20NO5P. The lowest BCUT2D eigenvalue weighted by Gasteiger charge is -2.16. The zero-order valence-corrected chi connectivity index (χ0v) is 12.7. The topological polar surface area (TPSA) is 74.7 Å². The van der Waals surface area contributed by atoms with Crippen LogP contribution in [0.25, 0.3) is 0 Å². The first-order chi connectivity index (χ1) is 9.59. The Bertz CT molecular complexity index is 441. The van der Waals surface area contributed by atoms with E-state index in [0.717, 1.165) is 5.56 Å². The Balaban J connectivity index is 2.36. The lowest BCUT2D eigenvalue weighted by molar-refractivity contribution is -0.142. The second kappa shape index (κ2) is 8.84. The smallest absolute Gasteiger partial charge is 0.367 e. The van der Waals surface area contributed by atoms with Gasteiger partial charge in [-0.3, -0.25) is 14.3 Å². The molecule has 0 unspecified atom stereocenters. The highest BCUT2D eigenvalue weighted by Gasteiger charge is 2.25. The number of hydrogen-bond acceptors (Lipinski definition) is 6. The van der Waals surface area contributed by atoms with E-state index in [9.17, 15) is 9.36 Å². The number of hydrogen-bond donors (Lipinski definition) is 0. The predicted octanol–water partition coefficient (Wildman–Crippen LogP) is 2.78. The molecule has 0 saturated carbocycles. The number of ether oxygens (including phenoxy) is 1. The van der Waals surface area contributed by atoms with Crippen LogP contribution in [-0.2, 0) is 29.6 Å². The second-order valence-electron chi connectivity index (χ2n) is 3.95. The van der Waals surface area contributed by atoms with Crippen molar-refractivity contribution in [2.75, 3.05) is 19.6 Å². The molecule has 0 aliphatic carbocycles. The van der Waals surface area contributed by atoms with Gasteiger partial charge in [0.1, 0.15) is 0 Å². The van der Waals surface area contributed by atoms with Gasteiger partial charge < -0.3 is 13.8 Å². The summed E-state index contributed by atoms with van der Waals surface area (Å²) in [5, 5.41) is 0. The zero-order chi connectivity index (χ0) is 14.8. The molecule has 0 bridgehead atoms. The van der Waals surface area contributed by atoms with Crippen molar-refractivity contribution in [3.8, 4) is 0 Å². The summed E-state index contributed by atoms with van der Waals surface area (Å²) in [4.78, 5) is 15.6. The molecule has 6 nitrogen and oxygen atoms in total. The fourth-order valence-corrected chi connectivity index (χ4v) is 2.83. The van der Waals surface area contributed by atoms with Crippen molar-refractivity contribution < 1.29 is 23.1 Å². The van der Waals surface area contributed by atoms with Gasteiger partial charge in [0.15, 0.2) is 6.35 Å². The Morgan fingerprint density at radius 3 is 2.55 bits per heavy atom. The Kier molecular flexibility index (Phi) is 7.44. The molecule has 0 aromatic carbocycles. The number of pyridine rings is 1. The van der Waals surface area contributed by atoms with Crippen molar-refractivity contribution in [1.29, 1.82) is 0 Å². The summed E-state index contributed by atoms with van der Waals surface area (Å²) >= 11 is 0. The van der Waals surface area contributed by atoms with Crippen molar-refractivity contribution in [3.63, 3.8) is 0 Å². The van der Waals surface area contributed by atoms with Gasteiger partial charge in [0.05, 0.1) is 13.2 Å². The molecule has 1 aromatic rings. The summed E-state index contributed by atoms with van der Waals surface area (Å²) < 4.78 is 27.1. The third-order valence-corrected chi connectivity index (χ3v) is 4.12. The van der Waals surface area contributed by atoms with Gasteiger partial charge in [0.25, 0.3) is 0 Å². The Labute approximate surface area is 119 Å². The van der Waals surface area contributed by atoms with Crippen LogP contribution in [0.15, 0.2) is 24.5 Å². The van der Waals surface area contributed by atoms with Crippen molar-refractivity contribution in [1.82, 2.24) is 4.98 Å². The number of rotatable bonds is 9. The number of aryl methyl sites for hydroxylation is 1. The summed E-state index contributed by atoms with van der Waals surface area (Å²) in [5.74, 6) is -0.437. The highest BCUT2D eigenvalue weighted by molar-refractivity contribution is 7.53. The van der Waals surface area contributed by atoms with Crippen LogP contribution in [0, 0.1) is 0 Å². The fraction of sp³-hybridized carbons (Fsp3) is 0.538. The van der Waals surface area contributed by atoms with E-state index in [-0.39, 0.29) is 26.0 Å². The first-order valence-corrected chi connectivity index (χ1v) is 8.25. The van der Waals surface area contributed by atoms with Gasteiger partial charge in [-0.15, -0.1) is 0 Å². The lowest BCUT2D eigenvalue weighted by Crippen LogP contribution is -2.10. The molecule has 20 heavy (non-hydrogen) atoms. The molecule has 1 heterocycles. The van der Waals surface area contributed by atoms with Crippen LogP contribution < -0.4 is 0 Å². The van der Waals surface area contributed by atoms with Gasteiger partial charge in [0.2, 0.25) is 0 Å². The summed E-state index contributed by atoms with van der Waals surface area (Å²) in [6, 6.07) is 3.69. The van der Waals surface area contributed by atoms with Crippen LogP contribution in [0.3, 0.4) is 0 Å². The SMILES string of the molecule is CCOP(=O)(COC(=O)CCc1cccnc1)OCC. The van der Waals surface area contributed by atoms with Crippen LogP contribution in [0.2, 0.25) is 0 Å². The van der Waals surface area contributed by atoms with Crippen molar-refractivity contribution >= 4 is 13.6 Å². The van der Waals surface area contributed by atoms with Gasteiger partial charge in [-0.25, -0.2) is 0 Å². The molecule has 112 valence electrons. The molecule has 1 rings (SSSR count). The zero-order valence-electron chi connectivity index (χ0n) is 11.8. The molecule has 0 spiro atoms. The van der Waals surface area contributed by atoms with E-state index in [1.54, 1.807) is 32.3 Å². The molecule has 7 heteroatoms. The number of esters is 1. The summed E-state index contributed by atoms with van der Waals surface area (Å²) in [6.07, 6.45) is 3.74. The standard InChI is InChI=1S/C13H20NO5P/c1-3-18-20(16,19-4-2)11-17-13(15)8-7-12-6-5-9-14-10-12/h5-6,9-10H,3-4,7-8,11H2,1-2H3. The molecule has 0 radical (unpaired) electrons.